The van der Waals surface area contributed by atoms with Gasteiger partial charge in [-0.25, -0.2) is 4.79 Å². The zero-order valence-corrected chi connectivity index (χ0v) is 9.29. The van der Waals surface area contributed by atoms with Gasteiger partial charge in [-0.1, -0.05) is 13.3 Å². The minimum absolute atomic E-state index is 0.120. The van der Waals surface area contributed by atoms with Crippen LogP contribution in [0.2, 0.25) is 0 Å². The molecule has 1 fully saturated rings. The highest BCUT2D eigenvalue weighted by atomic mass is 16.6. The normalized spacial score (nSPS) is 22.1. The summed E-state index contributed by atoms with van der Waals surface area (Å²) >= 11 is 0. The van der Waals surface area contributed by atoms with Gasteiger partial charge in [-0.2, -0.15) is 0 Å². The van der Waals surface area contributed by atoms with Crippen LogP contribution in [0.3, 0.4) is 0 Å². The van der Waals surface area contributed by atoms with Gasteiger partial charge in [0.2, 0.25) is 0 Å². The molecule has 3 heteroatoms. The Kier molecular flexibility index (Phi) is 4.77. The summed E-state index contributed by atoms with van der Waals surface area (Å²) < 4.78 is 5.18. The zero-order chi connectivity index (χ0) is 10.4. The van der Waals surface area contributed by atoms with E-state index >= 15 is 0 Å². The van der Waals surface area contributed by atoms with Gasteiger partial charge in [-0.3, -0.25) is 0 Å². The van der Waals surface area contributed by atoms with E-state index in [-0.39, 0.29) is 6.09 Å². The van der Waals surface area contributed by atoms with E-state index in [0.29, 0.717) is 12.6 Å². The zero-order valence-electron chi connectivity index (χ0n) is 9.29. The second kappa shape index (κ2) is 5.89. The van der Waals surface area contributed by atoms with E-state index < -0.39 is 0 Å². The van der Waals surface area contributed by atoms with E-state index in [2.05, 4.69) is 13.8 Å². The Hall–Kier alpha value is -0.730. The van der Waals surface area contributed by atoms with E-state index in [4.69, 9.17) is 4.74 Å². The predicted molar refractivity (Wildman–Crippen MR) is 56.3 cm³/mol. The van der Waals surface area contributed by atoms with Crippen molar-refractivity contribution in [2.24, 2.45) is 0 Å². The average molecular weight is 199 g/mol. The number of ether oxygens (including phenoxy) is 1. The van der Waals surface area contributed by atoms with Crippen molar-refractivity contribution in [3.05, 3.63) is 0 Å². The SMILES string of the molecule is CCCCOC(=O)N1CCCC[C@H]1C. The first-order chi connectivity index (χ1) is 6.75. The Morgan fingerprint density at radius 3 is 2.93 bits per heavy atom. The second-order valence-corrected chi connectivity index (χ2v) is 4.01. The van der Waals surface area contributed by atoms with Gasteiger partial charge in [0.05, 0.1) is 6.61 Å². The first-order valence-electron chi connectivity index (χ1n) is 5.69. The van der Waals surface area contributed by atoms with Crippen molar-refractivity contribution in [1.29, 1.82) is 0 Å². The maximum absolute atomic E-state index is 11.6. The summed E-state index contributed by atoms with van der Waals surface area (Å²) in [6.45, 7) is 5.63. The molecule has 0 aliphatic carbocycles. The highest BCUT2D eigenvalue weighted by molar-refractivity contribution is 5.68. The number of hydrogen-bond donors (Lipinski definition) is 0. The first kappa shape index (κ1) is 11.3. The summed E-state index contributed by atoms with van der Waals surface area (Å²) in [5.41, 5.74) is 0. The summed E-state index contributed by atoms with van der Waals surface area (Å²) in [5.74, 6) is 0. The van der Waals surface area contributed by atoms with Crippen molar-refractivity contribution in [3.8, 4) is 0 Å². The smallest absolute Gasteiger partial charge is 0.409 e. The fourth-order valence-corrected chi connectivity index (χ4v) is 1.76. The van der Waals surface area contributed by atoms with Crippen LogP contribution in [0.25, 0.3) is 0 Å². The van der Waals surface area contributed by atoms with Crippen molar-refractivity contribution in [2.45, 2.75) is 52.0 Å². The number of carbonyl (C=O) groups excluding carboxylic acids is 1. The maximum Gasteiger partial charge on any atom is 0.409 e. The topological polar surface area (TPSA) is 29.5 Å². The molecule has 1 rings (SSSR count). The van der Waals surface area contributed by atoms with Gasteiger partial charge in [0.15, 0.2) is 0 Å². The molecule has 82 valence electrons. The predicted octanol–water partition coefficient (Wildman–Crippen LogP) is 2.80. The van der Waals surface area contributed by atoms with E-state index in [1.807, 2.05) is 4.90 Å². The summed E-state index contributed by atoms with van der Waals surface area (Å²) in [7, 11) is 0. The Morgan fingerprint density at radius 1 is 1.50 bits per heavy atom. The summed E-state index contributed by atoms with van der Waals surface area (Å²) in [6, 6.07) is 0.359. The third-order valence-corrected chi connectivity index (χ3v) is 2.76. The molecule has 1 aliphatic heterocycles. The van der Waals surface area contributed by atoms with Crippen LogP contribution >= 0.6 is 0 Å². The third kappa shape index (κ3) is 3.20. The van der Waals surface area contributed by atoms with Crippen molar-refractivity contribution in [3.63, 3.8) is 0 Å². The number of amides is 1. The molecule has 1 aliphatic rings. The van der Waals surface area contributed by atoms with Crippen molar-refractivity contribution in [2.75, 3.05) is 13.2 Å². The molecule has 0 aromatic carbocycles. The van der Waals surface area contributed by atoms with Crippen LogP contribution in [0.4, 0.5) is 4.79 Å². The number of rotatable bonds is 3. The van der Waals surface area contributed by atoms with E-state index in [1.54, 1.807) is 0 Å². The van der Waals surface area contributed by atoms with Gasteiger partial charge in [-0.05, 0) is 32.6 Å². The summed E-state index contributed by atoms with van der Waals surface area (Å²) in [6.07, 6.45) is 5.39. The van der Waals surface area contributed by atoms with Gasteiger partial charge in [0.25, 0.3) is 0 Å². The number of likely N-dealkylation sites (tertiary alicyclic amines) is 1. The molecule has 0 aromatic rings. The highest BCUT2D eigenvalue weighted by Crippen LogP contribution is 2.17. The molecule has 1 atom stereocenters. The lowest BCUT2D eigenvalue weighted by Crippen LogP contribution is -2.42. The van der Waals surface area contributed by atoms with Gasteiger partial charge in [-0.15, -0.1) is 0 Å². The van der Waals surface area contributed by atoms with Gasteiger partial charge in [0.1, 0.15) is 0 Å². The fourth-order valence-electron chi connectivity index (χ4n) is 1.76. The van der Waals surface area contributed by atoms with Crippen LogP contribution in [0, 0.1) is 0 Å². The largest absolute Gasteiger partial charge is 0.449 e. The molecule has 0 unspecified atom stereocenters. The van der Waals surface area contributed by atoms with Crippen LogP contribution in [0.15, 0.2) is 0 Å². The van der Waals surface area contributed by atoms with Crippen LogP contribution < -0.4 is 0 Å². The minimum atomic E-state index is -0.120. The van der Waals surface area contributed by atoms with Gasteiger partial charge < -0.3 is 9.64 Å². The molecule has 1 amide bonds. The van der Waals surface area contributed by atoms with E-state index in [0.717, 1.165) is 32.2 Å². The van der Waals surface area contributed by atoms with Crippen LogP contribution in [-0.2, 0) is 4.74 Å². The van der Waals surface area contributed by atoms with Gasteiger partial charge >= 0.3 is 6.09 Å². The Morgan fingerprint density at radius 2 is 2.29 bits per heavy atom. The molecule has 0 aromatic heterocycles. The lowest BCUT2D eigenvalue weighted by atomic mass is 10.0. The fraction of sp³-hybridized carbons (Fsp3) is 0.909. The van der Waals surface area contributed by atoms with Crippen LogP contribution in [0.5, 0.6) is 0 Å². The Labute approximate surface area is 86.4 Å². The minimum Gasteiger partial charge on any atom is -0.449 e. The monoisotopic (exact) mass is 199 g/mol. The number of piperidine rings is 1. The van der Waals surface area contributed by atoms with Crippen molar-refractivity contribution < 1.29 is 9.53 Å². The lowest BCUT2D eigenvalue weighted by molar-refractivity contribution is 0.0764. The standard InChI is InChI=1S/C11H21NO2/c1-3-4-9-14-11(13)12-8-6-5-7-10(12)2/h10H,3-9H2,1-2H3/t10-/m1/s1. The van der Waals surface area contributed by atoms with Crippen molar-refractivity contribution in [1.82, 2.24) is 4.90 Å². The Balaban J connectivity index is 2.27. The second-order valence-electron chi connectivity index (χ2n) is 4.01. The number of hydrogen-bond acceptors (Lipinski definition) is 2. The van der Waals surface area contributed by atoms with Gasteiger partial charge in [0, 0.05) is 12.6 Å². The molecule has 0 saturated carbocycles. The molecule has 0 N–H and O–H groups in total. The first-order valence-corrected chi connectivity index (χ1v) is 5.69. The van der Waals surface area contributed by atoms with E-state index in [9.17, 15) is 4.79 Å². The molecule has 14 heavy (non-hydrogen) atoms. The molecule has 1 heterocycles. The molecule has 0 radical (unpaired) electrons. The molecular formula is C11H21NO2. The lowest BCUT2D eigenvalue weighted by Gasteiger charge is -2.32. The average Bonchev–Trinajstić information content (AvgIpc) is 2.18. The molecule has 3 nitrogen and oxygen atoms in total. The third-order valence-electron chi connectivity index (χ3n) is 2.76. The van der Waals surface area contributed by atoms with Crippen molar-refractivity contribution >= 4 is 6.09 Å². The highest BCUT2D eigenvalue weighted by Gasteiger charge is 2.23. The van der Waals surface area contributed by atoms with Crippen LogP contribution in [0.1, 0.15) is 46.0 Å². The molecule has 0 spiro atoms. The quantitative estimate of drug-likeness (QED) is 0.654. The number of carbonyl (C=O) groups is 1. The Bertz CT molecular complexity index is 182. The van der Waals surface area contributed by atoms with Crippen LogP contribution in [-0.4, -0.2) is 30.2 Å². The molecular weight excluding hydrogens is 178 g/mol. The molecule has 0 bridgehead atoms. The molecule has 1 saturated heterocycles. The maximum atomic E-state index is 11.6. The summed E-state index contributed by atoms with van der Waals surface area (Å²) in [4.78, 5) is 13.4. The summed E-state index contributed by atoms with van der Waals surface area (Å²) in [5, 5.41) is 0. The van der Waals surface area contributed by atoms with E-state index in [1.165, 1.54) is 6.42 Å². The number of unbranched alkanes of at least 4 members (excludes halogenated alkanes) is 1. The number of nitrogens with zero attached hydrogens (tertiary/aromatic N) is 1.